The highest BCUT2D eigenvalue weighted by molar-refractivity contribution is 7.99. The molecule has 1 unspecified atom stereocenters. The summed E-state index contributed by atoms with van der Waals surface area (Å²) in [7, 11) is 1.63. The average Bonchev–Trinajstić information content (AvgIpc) is 3.19. The first-order valence-corrected chi connectivity index (χ1v) is 9.54. The van der Waals surface area contributed by atoms with Crippen molar-refractivity contribution in [3.05, 3.63) is 65.5 Å². The number of hydrogen-bond acceptors (Lipinski definition) is 8. The molecule has 1 heterocycles. The van der Waals surface area contributed by atoms with Crippen LogP contribution in [-0.4, -0.2) is 40.9 Å². The minimum Gasteiger partial charge on any atom is -0.497 e. The second-order valence-electron chi connectivity index (χ2n) is 5.90. The molecule has 0 aliphatic carbocycles. The lowest BCUT2D eigenvalue weighted by Crippen LogP contribution is -2.20. The van der Waals surface area contributed by atoms with Crippen molar-refractivity contribution in [1.82, 2.24) is 10.2 Å². The zero-order chi connectivity index (χ0) is 19.8. The summed E-state index contributed by atoms with van der Waals surface area (Å²) in [5, 5.41) is 27.3. The Bertz CT molecular complexity index is 920. The third-order valence-corrected chi connectivity index (χ3v) is 4.75. The second-order valence-corrected chi connectivity index (χ2v) is 6.87. The first kappa shape index (κ1) is 19.7. The lowest BCUT2D eigenvalue weighted by atomic mass is 10.1. The zero-order valence-electron chi connectivity index (χ0n) is 15.2. The summed E-state index contributed by atoms with van der Waals surface area (Å²) < 4.78 is 16.3. The summed E-state index contributed by atoms with van der Waals surface area (Å²) in [6.45, 7) is 0.131. The fourth-order valence-electron chi connectivity index (χ4n) is 2.32. The molecule has 0 spiro atoms. The molecule has 3 rings (SSSR count). The number of aromatic nitrogens is 2. The van der Waals surface area contributed by atoms with Crippen molar-refractivity contribution < 1.29 is 19.0 Å². The number of benzene rings is 2. The third-order valence-electron chi connectivity index (χ3n) is 3.79. The van der Waals surface area contributed by atoms with Gasteiger partial charge >= 0.3 is 0 Å². The molecular weight excluding hydrogens is 378 g/mol. The van der Waals surface area contributed by atoms with E-state index in [9.17, 15) is 5.11 Å². The molecule has 0 saturated carbocycles. The summed E-state index contributed by atoms with van der Waals surface area (Å²) in [6.07, 6.45) is -0.167. The number of thioether (sulfide) groups is 1. The first-order chi connectivity index (χ1) is 13.7. The van der Waals surface area contributed by atoms with Crippen molar-refractivity contribution in [1.29, 1.82) is 5.26 Å². The molecule has 0 amide bonds. The van der Waals surface area contributed by atoms with Gasteiger partial charge in [0.2, 0.25) is 5.89 Å². The Kier molecular flexibility index (Phi) is 6.89. The number of aliphatic hydroxyl groups excluding tert-OH is 1. The molecule has 1 N–H and O–H groups in total. The molecule has 0 fully saturated rings. The Hall–Kier alpha value is -3.02. The van der Waals surface area contributed by atoms with Crippen molar-refractivity contribution in [2.75, 3.05) is 19.5 Å². The minimum atomic E-state index is -0.697. The van der Waals surface area contributed by atoms with Crippen LogP contribution in [0.25, 0.3) is 0 Å². The van der Waals surface area contributed by atoms with E-state index in [1.165, 1.54) is 11.8 Å². The number of nitriles is 1. The molecule has 0 saturated heterocycles. The molecule has 28 heavy (non-hydrogen) atoms. The molecule has 0 aliphatic heterocycles. The van der Waals surface area contributed by atoms with Gasteiger partial charge in [-0.2, -0.15) is 5.26 Å². The van der Waals surface area contributed by atoms with Gasteiger partial charge in [0.1, 0.15) is 18.1 Å². The predicted molar refractivity (Wildman–Crippen MR) is 103 cm³/mol. The predicted octanol–water partition coefficient (Wildman–Crippen LogP) is 3.07. The SMILES string of the molecule is COc1ccc(Cc2nnc(SCC(O)COc3ccc(C#N)cc3)o2)cc1. The van der Waals surface area contributed by atoms with Gasteiger partial charge in [0.15, 0.2) is 0 Å². The van der Waals surface area contributed by atoms with E-state index in [0.717, 1.165) is 11.3 Å². The minimum absolute atomic E-state index is 0.131. The lowest BCUT2D eigenvalue weighted by molar-refractivity contribution is 0.126. The summed E-state index contributed by atoms with van der Waals surface area (Å²) in [4.78, 5) is 0. The topological polar surface area (TPSA) is 101 Å². The van der Waals surface area contributed by atoms with Crippen LogP contribution in [0.4, 0.5) is 0 Å². The van der Waals surface area contributed by atoms with E-state index in [1.807, 2.05) is 30.3 Å². The number of ether oxygens (including phenoxy) is 2. The largest absolute Gasteiger partial charge is 0.497 e. The van der Waals surface area contributed by atoms with E-state index < -0.39 is 6.10 Å². The quantitative estimate of drug-likeness (QED) is 0.550. The number of hydrogen-bond donors (Lipinski definition) is 1. The van der Waals surface area contributed by atoms with Gasteiger partial charge < -0.3 is 19.0 Å². The summed E-state index contributed by atoms with van der Waals surface area (Å²) in [5.41, 5.74) is 1.60. The van der Waals surface area contributed by atoms with Crippen molar-refractivity contribution >= 4 is 11.8 Å². The molecule has 7 nitrogen and oxygen atoms in total. The van der Waals surface area contributed by atoms with Crippen LogP contribution < -0.4 is 9.47 Å². The highest BCUT2D eigenvalue weighted by Gasteiger charge is 2.12. The van der Waals surface area contributed by atoms with Gasteiger partial charge in [-0.3, -0.25) is 0 Å². The van der Waals surface area contributed by atoms with E-state index >= 15 is 0 Å². The summed E-state index contributed by atoms with van der Waals surface area (Å²) >= 11 is 1.27. The number of nitrogens with zero attached hydrogens (tertiary/aromatic N) is 3. The van der Waals surface area contributed by atoms with Gasteiger partial charge in [-0.1, -0.05) is 23.9 Å². The van der Waals surface area contributed by atoms with Crippen molar-refractivity contribution in [2.24, 2.45) is 0 Å². The van der Waals surface area contributed by atoms with Gasteiger partial charge in [0.05, 0.1) is 31.3 Å². The fourth-order valence-corrected chi connectivity index (χ4v) is 3.00. The van der Waals surface area contributed by atoms with Crippen LogP contribution in [0, 0.1) is 11.3 Å². The van der Waals surface area contributed by atoms with E-state index in [0.29, 0.717) is 34.6 Å². The van der Waals surface area contributed by atoms with Crippen LogP contribution in [0.2, 0.25) is 0 Å². The molecule has 2 aromatic carbocycles. The van der Waals surface area contributed by atoms with Gasteiger partial charge in [0.25, 0.3) is 5.22 Å². The third kappa shape index (κ3) is 5.74. The van der Waals surface area contributed by atoms with Crippen LogP contribution in [-0.2, 0) is 6.42 Å². The second kappa shape index (κ2) is 9.78. The summed E-state index contributed by atoms with van der Waals surface area (Å²) in [5.74, 6) is 2.27. The standard InChI is InChI=1S/C20H19N3O4S/c1-25-17-6-2-14(3-7-17)10-19-22-23-20(27-19)28-13-16(24)12-26-18-8-4-15(11-21)5-9-18/h2-9,16,24H,10,12-13H2,1H3. The zero-order valence-corrected chi connectivity index (χ0v) is 16.1. The van der Waals surface area contributed by atoms with Gasteiger partial charge in [0, 0.05) is 5.75 Å². The molecule has 8 heteroatoms. The van der Waals surface area contributed by atoms with E-state index in [4.69, 9.17) is 19.2 Å². The van der Waals surface area contributed by atoms with Gasteiger partial charge in [-0.05, 0) is 42.0 Å². The summed E-state index contributed by atoms with van der Waals surface area (Å²) in [6, 6.07) is 16.4. The van der Waals surface area contributed by atoms with Crippen molar-refractivity contribution in [3.63, 3.8) is 0 Å². The molecule has 1 atom stereocenters. The smallest absolute Gasteiger partial charge is 0.276 e. The van der Waals surface area contributed by atoms with Crippen molar-refractivity contribution in [3.8, 4) is 17.6 Å². The highest BCUT2D eigenvalue weighted by atomic mass is 32.2. The first-order valence-electron chi connectivity index (χ1n) is 8.55. The molecule has 0 bridgehead atoms. The fraction of sp³-hybridized carbons (Fsp3) is 0.250. The maximum Gasteiger partial charge on any atom is 0.276 e. The Labute approximate surface area is 166 Å². The Morgan fingerprint density at radius 3 is 2.50 bits per heavy atom. The molecule has 0 radical (unpaired) electrons. The van der Waals surface area contributed by atoms with Crippen LogP contribution in [0.15, 0.2) is 58.2 Å². The maximum absolute atomic E-state index is 10.1. The van der Waals surface area contributed by atoms with E-state index in [2.05, 4.69) is 10.2 Å². The molecule has 0 aliphatic rings. The molecule has 1 aromatic heterocycles. The van der Waals surface area contributed by atoms with Gasteiger partial charge in [-0.15, -0.1) is 10.2 Å². The number of methoxy groups -OCH3 is 1. The highest BCUT2D eigenvalue weighted by Crippen LogP contribution is 2.20. The van der Waals surface area contributed by atoms with Crippen LogP contribution in [0.3, 0.4) is 0 Å². The Balaban J connectivity index is 1.43. The van der Waals surface area contributed by atoms with Gasteiger partial charge in [-0.25, -0.2) is 0 Å². The van der Waals surface area contributed by atoms with E-state index in [-0.39, 0.29) is 6.61 Å². The molecular formula is C20H19N3O4S. The molecule has 144 valence electrons. The van der Waals surface area contributed by atoms with Crippen LogP contribution in [0.5, 0.6) is 11.5 Å². The van der Waals surface area contributed by atoms with E-state index in [1.54, 1.807) is 31.4 Å². The Morgan fingerprint density at radius 1 is 1.11 bits per heavy atom. The number of aliphatic hydroxyl groups is 1. The normalized spacial score (nSPS) is 11.6. The lowest BCUT2D eigenvalue weighted by Gasteiger charge is -2.11. The van der Waals surface area contributed by atoms with Crippen LogP contribution >= 0.6 is 11.8 Å². The average molecular weight is 397 g/mol. The number of rotatable bonds is 9. The van der Waals surface area contributed by atoms with Crippen LogP contribution in [0.1, 0.15) is 17.0 Å². The monoisotopic (exact) mass is 397 g/mol. The Morgan fingerprint density at radius 2 is 1.82 bits per heavy atom. The van der Waals surface area contributed by atoms with Crippen molar-refractivity contribution in [2.45, 2.75) is 17.7 Å². The maximum atomic E-state index is 10.1. The molecule has 3 aromatic rings.